The van der Waals surface area contributed by atoms with Gasteiger partial charge >= 0.3 is 0 Å². The number of primary sulfonamides is 1. The Labute approximate surface area is 150 Å². The number of benzene rings is 1. The van der Waals surface area contributed by atoms with E-state index in [4.69, 9.17) is 14.9 Å². The summed E-state index contributed by atoms with van der Waals surface area (Å²) in [5, 5.41) is 9.80. The van der Waals surface area contributed by atoms with Crippen LogP contribution in [0.1, 0.15) is 18.2 Å². The van der Waals surface area contributed by atoms with Crippen LogP contribution in [0.25, 0.3) is 17.1 Å². The summed E-state index contributed by atoms with van der Waals surface area (Å²) in [6.07, 6.45) is 4.24. The van der Waals surface area contributed by atoms with Gasteiger partial charge in [0.2, 0.25) is 10.0 Å². The average Bonchev–Trinajstić information content (AvgIpc) is 3.31. The lowest BCUT2D eigenvalue weighted by molar-refractivity contribution is 0.193. The van der Waals surface area contributed by atoms with Crippen LogP contribution in [0.3, 0.4) is 0 Å². The van der Waals surface area contributed by atoms with Crippen LogP contribution in [-0.4, -0.2) is 41.4 Å². The van der Waals surface area contributed by atoms with Gasteiger partial charge < -0.3 is 4.74 Å². The van der Waals surface area contributed by atoms with Gasteiger partial charge in [0.25, 0.3) is 0 Å². The number of hydrogen-bond acceptors (Lipinski definition) is 6. The summed E-state index contributed by atoms with van der Waals surface area (Å²) in [4.78, 5) is 8.79. The van der Waals surface area contributed by atoms with Gasteiger partial charge in [0, 0.05) is 30.5 Å². The maximum atomic E-state index is 11.5. The summed E-state index contributed by atoms with van der Waals surface area (Å²) in [6, 6.07) is 9.96. The Morgan fingerprint density at radius 1 is 1.12 bits per heavy atom. The van der Waals surface area contributed by atoms with Crippen molar-refractivity contribution in [3.63, 3.8) is 0 Å². The van der Waals surface area contributed by atoms with E-state index in [1.807, 2.05) is 12.1 Å². The minimum absolute atomic E-state index is 0.0569. The third-order valence-corrected chi connectivity index (χ3v) is 5.20. The molecule has 1 aliphatic heterocycles. The van der Waals surface area contributed by atoms with Crippen LogP contribution in [0.15, 0.2) is 53.7 Å². The highest BCUT2D eigenvalue weighted by Crippen LogP contribution is 2.28. The minimum Gasteiger partial charge on any atom is -0.381 e. The van der Waals surface area contributed by atoms with E-state index in [1.165, 1.54) is 12.1 Å². The number of nitrogens with zero attached hydrogens (tertiary/aromatic N) is 4. The lowest BCUT2D eigenvalue weighted by atomic mass is 10.1. The first-order chi connectivity index (χ1) is 12.5. The molecule has 0 radical (unpaired) electrons. The van der Waals surface area contributed by atoms with Gasteiger partial charge in [-0.3, -0.25) is 4.98 Å². The number of nitrogens with two attached hydrogens (primary N) is 1. The number of hydrogen-bond donors (Lipinski definition) is 1. The fourth-order valence-corrected chi connectivity index (χ4v) is 3.43. The SMILES string of the molecule is NS(=O)(=O)c1ccc(-n2nc(-c3ccncc3)nc2[C@H]2CCOC2)cc1. The average molecular weight is 371 g/mol. The van der Waals surface area contributed by atoms with Crippen LogP contribution >= 0.6 is 0 Å². The van der Waals surface area contributed by atoms with Gasteiger partial charge in [-0.15, -0.1) is 5.10 Å². The Bertz CT molecular complexity index is 1010. The minimum atomic E-state index is -3.74. The summed E-state index contributed by atoms with van der Waals surface area (Å²) in [6.45, 7) is 1.27. The highest BCUT2D eigenvalue weighted by atomic mass is 32.2. The molecule has 1 aromatic carbocycles. The van der Waals surface area contributed by atoms with E-state index in [2.05, 4.69) is 10.1 Å². The summed E-state index contributed by atoms with van der Waals surface area (Å²) in [5.41, 5.74) is 1.58. The van der Waals surface area contributed by atoms with Gasteiger partial charge in [-0.05, 0) is 42.8 Å². The van der Waals surface area contributed by atoms with Crippen molar-refractivity contribution in [2.24, 2.45) is 5.14 Å². The maximum Gasteiger partial charge on any atom is 0.238 e. The van der Waals surface area contributed by atoms with Gasteiger partial charge in [0.1, 0.15) is 5.82 Å². The van der Waals surface area contributed by atoms with Gasteiger partial charge in [0.05, 0.1) is 17.2 Å². The first kappa shape index (κ1) is 16.8. The molecule has 0 aliphatic carbocycles. The molecule has 2 aromatic heterocycles. The quantitative estimate of drug-likeness (QED) is 0.743. The monoisotopic (exact) mass is 371 g/mol. The number of sulfonamides is 1. The summed E-state index contributed by atoms with van der Waals surface area (Å²) >= 11 is 0. The second-order valence-corrected chi connectivity index (χ2v) is 7.60. The van der Waals surface area contributed by atoms with Crippen molar-refractivity contribution >= 4 is 10.0 Å². The lowest BCUT2D eigenvalue weighted by Crippen LogP contribution is -2.13. The number of rotatable bonds is 4. The highest BCUT2D eigenvalue weighted by molar-refractivity contribution is 7.89. The predicted molar refractivity (Wildman–Crippen MR) is 94.1 cm³/mol. The zero-order valence-electron chi connectivity index (χ0n) is 13.8. The fourth-order valence-electron chi connectivity index (χ4n) is 2.92. The Morgan fingerprint density at radius 2 is 1.85 bits per heavy atom. The standard InChI is InChI=1S/C17H17N5O3S/c18-26(23,24)15-3-1-14(2-4-15)22-17(13-7-10-25-11-13)20-16(21-22)12-5-8-19-9-6-12/h1-6,8-9,13H,7,10-11H2,(H2,18,23,24)/t13-/m0/s1. The van der Waals surface area contributed by atoms with Crippen LogP contribution in [0.2, 0.25) is 0 Å². The highest BCUT2D eigenvalue weighted by Gasteiger charge is 2.25. The zero-order chi connectivity index (χ0) is 18.1. The molecule has 4 rings (SSSR count). The maximum absolute atomic E-state index is 11.5. The molecule has 1 aliphatic rings. The molecular formula is C17H17N5O3S. The summed E-state index contributed by atoms with van der Waals surface area (Å²) in [5.74, 6) is 1.51. The van der Waals surface area contributed by atoms with E-state index < -0.39 is 10.0 Å². The molecule has 134 valence electrons. The van der Waals surface area contributed by atoms with Crippen molar-refractivity contribution in [2.75, 3.05) is 13.2 Å². The molecule has 0 amide bonds. The summed E-state index contributed by atoms with van der Waals surface area (Å²) < 4.78 is 30.2. The molecule has 1 atom stereocenters. The van der Waals surface area contributed by atoms with Crippen LogP contribution < -0.4 is 5.14 Å². The first-order valence-corrected chi connectivity index (χ1v) is 9.65. The van der Waals surface area contributed by atoms with E-state index >= 15 is 0 Å². The normalized spacial score (nSPS) is 17.5. The van der Waals surface area contributed by atoms with E-state index in [-0.39, 0.29) is 10.8 Å². The third-order valence-electron chi connectivity index (χ3n) is 4.28. The van der Waals surface area contributed by atoms with Crippen LogP contribution in [0, 0.1) is 0 Å². The second-order valence-electron chi connectivity index (χ2n) is 6.04. The van der Waals surface area contributed by atoms with Gasteiger partial charge in [-0.1, -0.05) is 0 Å². The molecule has 0 saturated carbocycles. The predicted octanol–water partition coefficient (Wildman–Crippen LogP) is 1.48. The van der Waals surface area contributed by atoms with E-state index in [1.54, 1.807) is 29.2 Å². The molecule has 0 unspecified atom stereocenters. The van der Waals surface area contributed by atoms with Crippen molar-refractivity contribution in [2.45, 2.75) is 17.2 Å². The zero-order valence-corrected chi connectivity index (χ0v) is 14.6. The van der Waals surface area contributed by atoms with Crippen molar-refractivity contribution in [3.05, 3.63) is 54.6 Å². The molecule has 3 heterocycles. The fraction of sp³-hybridized carbons (Fsp3) is 0.235. The molecule has 9 heteroatoms. The first-order valence-electron chi connectivity index (χ1n) is 8.11. The Hall–Kier alpha value is -2.62. The Morgan fingerprint density at radius 3 is 2.46 bits per heavy atom. The van der Waals surface area contributed by atoms with Gasteiger partial charge in [-0.2, -0.15) is 0 Å². The molecule has 1 saturated heterocycles. The molecule has 8 nitrogen and oxygen atoms in total. The number of aromatic nitrogens is 4. The topological polar surface area (TPSA) is 113 Å². The molecular weight excluding hydrogens is 354 g/mol. The smallest absolute Gasteiger partial charge is 0.238 e. The van der Waals surface area contributed by atoms with E-state index in [0.717, 1.165) is 17.8 Å². The lowest BCUT2D eigenvalue weighted by Gasteiger charge is -2.10. The molecule has 1 fully saturated rings. The van der Waals surface area contributed by atoms with E-state index in [0.29, 0.717) is 24.7 Å². The second kappa shape index (κ2) is 6.60. The van der Waals surface area contributed by atoms with Gasteiger partial charge in [-0.25, -0.2) is 23.2 Å². The molecule has 3 aromatic rings. The van der Waals surface area contributed by atoms with Crippen molar-refractivity contribution in [3.8, 4) is 17.1 Å². The van der Waals surface area contributed by atoms with Crippen LogP contribution in [-0.2, 0) is 14.8 Å². The van der Waals surface area contributed by atoms with Crippen molar-refractivity contribution in [1.82, 2.24) is 19.7 Å². The van der Waals surface area contributed by atoms with Crippen molar-refractivity contribution in [1.29, 1.82) is 0 Å². The Balaban J connectivity index is 1.80. The molecule has 2 N–H and O–H groups in total. The molecule has 0 spiro atoms. The van der Waals surface area contributed by atoms with Crippen LogP contribution in [0.4, 0.5) is 0 Å². The van der Waals surface area contributed by atoms with E-state index in [9.17, 15) is 8.42 Å². The number of pyridine rings is 1. The van der Waals surface area contributed by atoms with Crippen molar-refractivity contribution < 1.29 is 13.2 Å². The third kappa shape index (κ3) is 3.24. The van der Waals surface area contributed by atoms with Crippen LogP contribution in [0.5, 0.6) is 0 Å². The number of ether oxygens (including phenoxy) is 1. The summed E-state index contributed by atoms with van der Waals surface area (Å²) in [7, 11) is -3.74. The largest absolute Gasteiger partial charge is 0.381 e. The van der Waals surface area contributed by atoms with Gasteiger partial charge in [0.15, 0.2) is 5.82 Å². The Kier molecular flexibility index (Phi) is 4.27. The molecule has 0 bridgehead atoms. The molecule has 26 heavy (non-hydrogen) atoms.